The Morgan fingerprint density at radius 3 is 2.76 bits per heavy atom. The number of alkyl halides is 2. The van der Waals surface area contributed by atoms with E-state index in [1.54, 1.807) is 6.07 Å². The van der Waals surface area contributed by atoms with E-state index < -0.39 is 6.29 Å². The third-order valence-corrected chi connectivity index (χ3v) is 2.60. The van der Waals surface area contributed by atoms with Gasteiger partial charge in [0.15, 0.2) is 11.5 Å². The molecule has 2 aliphatic rings. The van der Waals surface area contributed by atoms with Gasteiger partial charge in [0.2, 0.25) is 0 Å². The van der Waals surface area contributed by atoms with Crippen LogP contribution >= 0.6 is 0 Å². The molecule has 1 saturated heterocycles. The number of hydrogen-bond donors (Lipinski definition) is 2. The predicted octanol–water partition coefficient (Wildman–Crippen LogP) is 1.36. The normalized spacial score (nSPS) is 24.4. The highest BCUT2D eigenvalue weighted by atomic mass is 19.3. The molecule has 2 heterocycles. The van der Waals surface area contributed by atoms with E-state index >= 15 is 0 Å². The monoisotopic (exact) mass is 242 g/mol. The van der Waals surface area contributed by atoms with Gasteiger partial charge in [0.05, 0.1) is 6.04 Å². The number of rotatable bonds is 1. The average molecular weight is 242 g/mol. The lowest BCUT2D eigenvalue weighted by atomic mass is 10.1. The zero-order valence-electron chi connectivity index (χ0n) is 8.50. The van der Waals surface area contributed by atoms with Crippen LogP contribution in [-0.2, 0) is 0 Å². The summed E-state index contributed by atoms with van der Waals surface area (Å²) < 4.78 is 34.2. The van der Waals surface area contributed by atoms with Crippen molar-refractivity contribution in [3.63, 3.8) is 0 Å². The second-order valence-corrected chi connectivity index (χ2v) is 3.78. The molecule has 5 nitrogen and oxygen atoms in total. The van der Waals surface area contributed by atoms with Crippen molar-refractivity contribution < 1.29 is 23.0 Å². The van der Waals surface area contributed by atoms with E-state index in [2.05, 4.69) is 20.1 Å². The molecule has 1 aromatic carbocycles. The molecule has 0 aromatic heterocycles. The Bertz CT molecular complexity index is 492. The molecule has 2 N–H and O–H groups in total. The van der Waals surface area contributed by atoms with Crippen molar-refractivity contribution in [1.82, 2.24) is 10.6 Å². The number of amides is 2. The van der Waals surface area contributed by atoms with Crippen LogP contribution < -0.4 is 20.1 Å². The van der Waals surface area contributed by atoms with E-state index in [0.29, 0.717) is 12.1 Å². The van der Waals surface area contributed by atoms with Crippen LogP contribution in [0.3, 0.4) is 0 Å². The molecule has 3 rings (SSSR count). The first-order valence-electron chi connectivity index (χ1n) is 4.98. The summed E-state index contributed by atoms with van der Waals surface area (Å²) >= 11 is 0. The van der Waals surface area contributed by atoms with Crippen LogP contribution in [0.25, 0.3) is 0 Å². The van der Waals surface area contributed by atoms with Gasteiger partial charge < -0.3 is 20.1 Å². The summed E-state index contributed by atoms with van der Waals surface area (Å²) in [5.41, 5.74) is 0.684. The van der Waals surface area contributed by atoms with Crippen LogP contribution in [0.2, 0.25) is 0 Å². The summed E-state index contributed by atoms with van der Waals surface area (Å²) in [6, 6.07) is 3.93. The minimum atomic E-state index is -3.61. The number of urea groups is 1. The topological polar surface area (TPSA) is 59.6 Å². The standard InChI is InChI=1S/C10H8F2N2O3/c11-10(12)16-7-2-1-5(3-8(7)17-10)6-4-13-9(15)14-6/h1-3,6H,4H2,(H2,13,14,15)/t6-/m0/s1. The van der Waals surface area contributed by atoms with E-state index in [4.69, 9.17) is 0 Å². The summed E-state index contributed by atoms with van der Waals surface area (Å²) in [5.74, 6) is -0.0234. The Balaban J connectivity index is 1.88. The highest BCUT2D eigenvalue weighted by Gasteiger charge is 2.43. The molecule has 1 aromatic rings. The Hall–Kier alpha value is -2.05. The number of ether oxygens (including phenoxy) is 2. The largest absolute Gasteiger partial charge is 0.586 e. The van der Waals surface area contributed by atoms with Gasteiger partial charge in [-0.05, 0) is 17.7 Å². The molecular weight excluding hydrogens is 234 g/mol. The van der Waals surface area contributed by atoms with E-state index in [1.807, 2.05) is 0 Å². The molecular formula is C10H8F2N2O3. The molecule has 2 aliphatic heterocycles. The zero-order valence-corrected chi connectivity index (χ0v) is 8.50. The number of benzene rings is 1. The minimum absolute atomic E-state index is 0.00367. The molecule has 90 valence electrons. The molecule has 1 atom stereocenters. The zero-order chi connectivity index (χ0) is 12.0. The van der Waals surface area contributed by atoms with E-state index in [0.717, 1.165) is 0 Å². The summed E-state index contributed by atoms with van der Waals surface area (Å²) in [7, 11) is 0. The third kappa shape index (κ3) is 1.73. The van der Waals surface area contributed by atoms with Gasteiger partial charge in [-0.3, -0.25) is 0 Å². The molecule has 1 fully saturated rings. The fourth-order valence-electron chi connectivity index (χ4n) is 1.84. The van der Waals surface area contributed by atoms with Crippen molar-refractivity contribution in [3.05, 3.63) is 23.8 Å². The lowest BCUT2D eigenvalue weighted by Crippen LogP contribution is -2.26. The SMILES string of the molecule is O=C1NC[C@@H](c2ccc3c(c2)OC(F)(F)O3)N1. The molecule has 0 bridgehead atoms. The highest BCUT2D eigenvalue weighted by Crippen LogP contribution is 2.42. The number of halogens is 2. The Labute approximate surface area is 94.7 Å². The van der Waals surface area contributed by atoms with Crippen LogP contribution in [0.4, 0.5) is 13.6 Å². The smallest absolute Gasteiger partial charge is 0.395 e. The average Bonchev–Trinajstić information content (AvgIpc) is 2.78. The lowest BCUT2D eigenvalue weighted by molar-refractivity contribution is -0.286. The molecule has 17 heavy (non-hydrogen) atoms. The fraction of sp³-hybridized carbons (Fsp3) is 0.300. The summed E-state index contributed by atoms with van der Waals surface area (Å²) in [6.07, 6.45) is -3.61. The number of fused-ring (bicyclic) bond motifs is 1. The van der Waals surface area contributed by atoms with E-state index in [1.165, 1.54) is 12.1 Å². The Kier molecular flexibility index (Phi) is 1.92. The van der Waals surface area contributed by atoms with Crippen LogP contribution in [0.15, 0.2) is 18.2 Å². The van der Waals surface area contributed by atoms with Crippen molar-refractivity contribution in [3.8, 4) is 11.5 Å². The van der Waals surface area contributed by atoms with Gasteiger partial charge in [0.25, 0.3) is 0 Å². The molecule has 0 radical (unpaired) electrons. The van der Waals surface area contributed by atoms with Crippen LogP contribution in [0.1, 0.15) is 11.6 Å². The summed E-state index contributed by atoms with van der Waals surface area (Å²) in [6.45, 7) is 0.412. The number of carbonyl (C=O) groups is 1. The number of carbonyl (C=O) groups excluding carboxylic acids is 1. The molecule has 0 unspecified atom stereocenters. The van der Waals surface area contributed by atoms with Crippen molar-refractivity contribution in [2.24, 2.45) is 0 Å². The van der Waals surface area contributed by atoms with Gasteiger partial charge in [0, 0.05) is 6.54 Å². The summed E-state index contributed by atoms with van der Waals surface area (Å²) in [5, 5.41) is 5.23. The number of nitrogens with one attached hydrogen (secondary N) is 2. The minimum Gasteiger partial charge on any atom is -0.395 e. The van der Waals surface area contributed by atoms with Gasteiger partial charge in [0.1, 0.15) is 0 Å². The molecule has 0 aliphatic carbocycles. The van der Waals surface area contributed by atoms with Crippen molar-refractivity contribution in [2.45, 2.75) is 12.3 Å². The third-order valence-electron chi connectivity index (χ3n) is 2.60. The van der Waals surface area contributed by atoms with E-state index in [9.17, 15) is 13.6 Å². The van der Waals surface area contributed by atoms with Crippen LogP contribution in [0, 0.1) is 0 Å². The maximum absolute atomic E-state index is 12.8. The molecule has 0 spiro atoms. The number of hydrogen-bond acceptors (Lipinski definition) is 3. The first kappa shape index (κ1) is 10.1. The van der Waals surface area contributed by atoms with Crippen molar-refractivity contribution >= 4 is 6.03 Å². The molecule has 0 saturated carbocycles. The van der Waals surface area contributed by atoms with Gasteiger partial charge >= 0.3 is 12.3 Å². The van der Waals surface area contributed by atoms with Gasteiger partial charge in [-0.2, -0.15) is 0 Å². The highest BCUT2D eigenvalue weighted by molar-refractivity contribution is 5.77. The van der Waals surface area contributed by atoms with Gasteiger partial charge in [-0.25, -0.2) is 4.79 Å². The van der Waals surface area contributed by atoms with Crippen LogP contribution in [0.5, 0.6) is 11.5 Å². The molecule has 2 amide bonds. The summed E-state index contributed by atoms with van der Waals surface area (Å²) in [4.78, 5) is 11.0. The predicted molar refractivity (Wildman–Crippen MR) is 51.9 cm³/mol. The first-order valence-corrected chi connectivity index (χ1v) is 4.98. The fourth-order valence-corrected chi connectivity index (χ4v) is 1.84. The maximum Gasteiger partial charge on any atom is 0.586 e. The van der Waals surface area contributed by atoms with Crippen molar-refractivity contribution in [2.75, 3.05) is 6.54 Å². The first-order chi connectivity index (χ1) is 8.03. The quantitative estimate of drug-likeness (QED) is 0.781. The Morgan fingerprint density at radius 2 is 2.06 bits per heavy atom. The van der Waals surface area contributed by atoms with Gasteiger partial charge in [-0.15, -0.1) is 8.78 Å². The second kappa shape index (κ2) is 3.22. The molecule has 7 heteroatoms. The van der Waals surface area contributed by atoms with Crippen molar-refractivity contribution in [1.29, 1.82) is 0 Å². The van der Waals surface area contributed by atoms with Gasteiger partial charge in [-0.1, -0.05) is 6.07 Å². The van der Waals surface area contributed by atoms with Crippen LogP contribution in [-0.4, -0.2) is 18.9 Å². The lowest BCUT2D eigenvalue weighted by Gasteiger charge is -2.09. The maximum atomic E-state index is 12.8. The Morgan fingerprint density at radius 1 is 1.29 bits per heavy atom. The van der Waals surface area contributed by atoms with E-state index in [-0.39, 0.29) is 23.6 Å². The second-order valence-electron chi connectivity index (χ2n) is 3.78.